The Balaban J connectivity index is 1.81. The standard InChI is InChI=1S/C17H19N5O/c1-21-15-11-19-16(20-12-6-8-18-9-7-12)10-14(15)22(17(21)23)13-4-2-3-5-13/h6-11,13H,2-5H2,1H3,(H,18,19,20). The maximum Gasteiger partial charge on any atom is 0.329 e. The fraction of sp³-hybridized carbons (Fsp3) is 0.353. The van der Waals surface area contributed by atoms with E-state index in [2.05, 4.69) is 15.3 Å². The second-order valence-electron chi connectivity index (χ2n) is 6.07. The molecular weight excluding hydrogens is 290 g/mol. The molecule has 6 heteroatoms. The quantitative estimate of drug-likeness (QED) is 0.808. The van der Waals surface area contributed by atoms with Gasteiger partial charge in [0.25, 0.3) is 0 Å². The number of rotatable bonds is 3. The molecule has 4 rings (SSSR count). The summed E-state index contributed by atoms with van der Waals surface area (Å²) in [4.78, 5) is 21.1. The highest BCUT2D eigenvalue weighted by Crippen LogP contribution is 2.31. The Labute approximate surface area is 133 Å². The van der Waals surface area contributed by atoms with Gasteiger partial charge in [-0.15, -0.1) is 0 Å². The minimum Gasteiger partial charge on any atom is -0.340 e. The van der Waals surface area contributed by atoms with Gasteiger partial charge in [0.15, 0.2) is 0 Å². The number of hydrogen-bond acceptors (Lipinski definition) is 4. The van der Waals surface area contributed by atoms with Gasteiger partial charge in [-0.3, -0.25) is 14.1 Å². The van der Waals surface area contributed by atoms with Gasteiger partial charge in [0, 0.05) is 37.2 Å². The van der Waals surface area contributed by atoms with Crippen molar-refractivity contribution in [1.29, 1.82) is 0 Å². The van der Waals surface area contributed by atoms with Crippen LogP contribution in [-0.4, -0.2) is 19.1 Å². The molecule has 0 radical (unpaired) electrons. The molecule has 118 valence electrons. The van der Waals surface area contributed by atoms with Gasteiger partial charge in [-0.05, 0) is 25.0 Å². The number of imidazole rings is 1. The molecule has 1 N–H and O–H groups in total. The summed E-state index contributed by atoms with van der Waals surface area (Å²) in [7, 11) is 1.81. The molecule has 3 aromatic heterocycles. The third-order valence-electron chi connectivity index (χ3n) is 4.62. The van der Waals surface area contributed by atoms with Crippen LogP contribution in [0.4, 0.5) is 11.5 Å². The molecule has 0 unspecified atom stereocenters. The number of fused-ring (bicyclic) bond motifs is 1. The molecule has 23 heavy (non-hydrogen) atoms. The van der Waals surface area contributed by atoms with Crippen LogP contribution in [0.1, 0.15) is 31.7 Å². The Morgan fingerprint density at radius 3 is 2.65 bits per heavy atom. The Bertz CT molecular complexity index is 890. The SMILES string of the molecule is Cn1c(=O)n(C2CCCC2)c2cc(Nc3ccncc3)ncc21. The number of nitrogens with zero attached hydrogens (tertiary/aromatic N) is 4. The van der Waals surface area contributed by atoms with Crippen molar-refractivity contribution >= 4 is 22.5 Å². The van der Waals surface area contributed by atoms with Crippen molar-refractivity contribution in [2.24, 2.45) is 7.05 Å². The van der Waals surface area contributed by atoms with Crippen molar-refractivity contribution in [2.75, 3.05) is 5.32 Å². The molecule has 0 spiro atoms. The molecule has 3 heterocycles. The van der Waals surface area contributed by atoms with Crippen LogP contribution in [0.25, 0.3) is 11.0 Å². The van der Waals surface area contributed by atoms with E-state index in [0.29, 0.717) is 6.04 Å². The van der Waals surface area contributed by atoms with E-state index in [0.717, 1.165) is 35.4 Å². The lowest BCUT2D eigenvalue weighted by Crippen LogP contribution is -2.24. The van der Waals surface area contributed by atoms with Crippen molar-refractivity contribution < 1.29 is 0 Å². The molecular formula is C17H19N5O. The van der Waals surface area contributed by atoms with Crippen LogP contribution < -0.4 is 11.0 Å². The minimum absolute atomic E-state index is 0.0507. The van der Waals surface area contributed by atoms with Gasteiger partial charge in [0.1, 0.15) is 5.82 Å². The number of pyridine rings is 2. The monoisotopic (exact) mass is 309 g/mol. The third kappa shape index (κ3) is 2.40. The third-order valence-corrected chi connectivity index (χ3v) is 4.62. The van der Waals surface area contributed by atoms with Gasteiger partial charge in [0.2, 0.25) is 0 Å². The van der Waals surface area contributed by atoms with Gasteiger partial charge >= 0.3 is 5.69 Å². The Morgan fingerprint density at radius 2 is 1.91 bits per heavy atom. The first-order valence-corrected chi connectivity index (χ1v) is 7.98. The Kier molecular flexibility index (Phi) is 3.37. The van der Waals surface area contributed by atoms with Gasteiger partial charge in [0.05, 0.1) is 17.2 Å². The van der Waals surface area contributed by atoms with Crippen molar-refractivity contribution in [3.8, 4) is 0 Å². The number of anilines is 2. The zero-order valence-electron chi connectivity index (χ0n) is 13.1. The van der Waals surface area contributed by atoms with Crippen molar-refractivity contribution in [3.05, 3.63) is 47.3 Å². The highest BCUT2D eigenvalue weighted by Gasteiger charge is 2.23. The van der Waals surface area contributed by atoms with Crippen LogP contribution >= 0.6 is 0 Å². The molecule has 1 fully saturated rings. The maximum atomic E-state index is 12.6. The fourth-order valence-electron chi connectivity index (χ4n) is 3.42. The van der Waals surface area contributed by atoms with Crippen molar-refractivity contribution in [2.45, 2.75) is 31.7 Å². The van der Waals surface area contributed by atoms with E-state index >= 15 is 0 Å². The van der Waals surface area contributed by atoms with Crippen LogP contribution in [0.2, 0.25) is 0 Å². The first-order chi connectivity index (χ1) is 11.2. The predicted molar refractivity (Wildman–Crippen MR) is 90.0 cm³/mol. The normalized spacial score (nSPS) is 15.3. The summed E-state index contributed by atoms with van der Waals surface area (Å²) in [5.74, 6) is 0.737. The van der Waals surface area contributed by atoms with Crippen LogP contribution in [0.15, 0.2) is 41.6 Å². The molecule has 0 atom stereocenters. The summed E-state index contributed by atoms with van der Waals surface area (Å²) in [6, 6.07) is 6.06. The van der Waals surface area contributed by atoms with Crippen molar-refractivity contribution in [1.82, 2.24) is 19.1 Å². The zero-order valence-corrected chi connectivity index (χ0v) is 13.1. The van der Waals surface area contributed by atoms with E-state index in [1.54, 1.807) is 23.2 Å². The van der Waals surface area contributed by atoms with E-state index in [-0.39, 0.29) is 5.69 Å². The van der Waals surface area contributed by atoms with E-state index in [4.69, 9.17) is 0 Å². The Hall–Kier alpha value is -2.63. The lowest BCUT2D eigenvalue weighted by atomic mass is 10.2. The van der Waals surface area contributed by atoms with Gasteiger partial charge in [-0.25, -0.2) is 9.78 Å². The van der Waals surface area contributed by atoms with E-state index in [1.165, 1.54) is 12.8 Å². The average Bonchev–Trinajstić information content (AvgIpc) is 3.17. The number of aromatic nitrogens is 4. The first kappa shape index (κ1) is 14.0. The molecule has 0 aromatic carbocycles. The van der Waals surface area contributed by atoms with E-state index in [9.17, 15) is 4.79 Å². The largest absolute Gasteiger partial charge is 0.340 e. The average molecular weight is 309 g/mol. The van der Waals surface area contributed by atoms with E-state index in [1.807, 2.05) is 29.8 Å². The molecule has 0 bridgehead atoms. The molecule has 1 saturated carbocycles. The van der Waals surface area contributed by atoms with Gasteiger partial charge in [-0.1, -0.05) is 12.8 Å². The fourth-order valence-corrected chi connectivity index (χ4v) is 3.42. The smallest absolute Gasteiger partial charge is 0.329 e. The molecule has 0 aliphatic heterocycles. The highest BCUT2D eigenvalue weighted by atomic mass is 16.1. The van der Waals surface area contributed by atoms with Crippen LogP contribution in [-0.2, 0) is 7.05 Å². The first-order valence-electron chi connectivity index (χ1n) is 7.98. The lowest BCUT2D eigenvalue weighted by Gasteiger charge is -2.12. The number of hydrogen-bond donors (Lipinski definition) is 1. The highest BCUT2D eigenvalue weighted by molar-refractivity contribution is 5.79. The second kappa shape index (κ2) is 5.53. The van der Waals surface area contributed by atoms with Crippen molar-refractivity contribution in [3.63, 3.8) is 0 Å². The summed E-state index contributed by atoms with van der Waals surface area (Å²) in [5.41, 5.74) is 2.81. The molecule has 6 nitrogen and oxygen atoms in total. The summed E-state index contributed by atoms with van der Waals surface area (Å²) in [5, 5.41) is 3.27. The summed E-state index contributed by atoms with van der Waals surface area (Å²) in [6.07, 6.45) is 9.78. The van der Waals surface area contributed by atoms with Crippen LogP contribution in [0.3, 0.4) is 0 Å². The lowest BCUT2D eigenvalue weighted by molar-refractivity contribution is 0.509. The second-order valence-corrected chi connectivity index (χ2v) is 6.07. The summed E-state index contributed by atoms with van der Waals surface area (Å²) < 4.78 is 3.64. The number of nitrogens with one attached hydrogen (secondary N) is 1. The molecule has 0 saturated heterocycles. The topological polar surface area (TPSA) is 64.7 Å². The van der Waals surface area contributed by atoms with Gasteiger partial charge in [-0.2, -0.15) is 0 Å². The summed E-state index contributed by atoms with van der Waals surface area (Å²) >= 11 is 0. The van der Waals surface area contributed by atoms with Crippen LogP contribution in [0, 0.1) is 0 Å². The molecule has 3 aromatic rings. The predicted octanol–water partition coefficient (Wildman–Crippen LogP) is 2.99. The maximum absolute atomic E-state index is 12.6. The zero-order chi connectivity index (χ0) is 15.8. The molecule has 1 aliphatic rings. The van der Waals surface area contributed by atoms with Crippen LogP contribution in [0.5, 0.6) is 0 Å². The minimum atomic E-state index is 0.0507. The van der Waals surface area contributed by atoms with E-state index < -0.39 is 0 Å². The number of aryl methyl sites for hydroxylation is 1. The molecule has 1 aliphatic carbocycles. The summed E-state index contributed by atoms with van der Waals surface area (Å²) in [6.45, 7) is 0. The Morgan fingerprint density at radius 1 is 1.17 bits per heavy atom. The molecule has 0 amide bonds. The van der Waals surface area contributed by atoms with Gasteiger partial charge < -0.3 is 5.32 Å².